The van der Waals surface area contributed by atoms with Crippen molar-refractivity contribution in [3.05, 3.63) is 107 Å². The summed E-state index contributed by atoms with van der Waals surface area (Å²) < 4.78 is 0. The van der Waals surface area contributed by atoms with Gasteiger partial charge in [-0.05, 0) is 22.8 Å². The van der Waals surface area contributed by atoms with E-state index in [0.717, 1.165) is 23.7 Å². The quantitative estimate of drug-likeness (QED) is 0.653. The van der Waals surface area contributed by atoms with Gasteiger partial charge in [-0.1, -0.05) is 90.5 Å². The highest BCUT2D eigenvalue weighted by Gasteiger charge is 2.13. The first-order valence-electron chi connectivity index (χ1n) is 7.88. The Bertz CT molecular complexity index is 686. The van der Waals surface area contributed by atoms with Crippen molar-refractivity contribution in [3.63, 3.8) is 0 Å². The van der Waals surface area contributed by atoms with E-state index < -0.39 is 0 Å². The van der Waals surface area contributed by atoms with Crippen molar-refractivity contribution in [2.24, 2.45) is 0 Å². The van der Waals surface area contributed by atoms with Crippen molar-refractivity contribution < 1.29 is 0 Å². The van der Waals surface area contributed by atoms with Crippen LogP contribution in [-0.4, -0.2) is 6.54 Å². The molecule has 0 spiro atoms. The van der Waals surface area contributed by atoms with E-state index in [2.05, 4.69) is 72.0 Å². The third-order valence-corrected chi connectivity index (χ3v) is 4.39. The second-order valence-electron chi connectivity index (χ2n) is 5.60. The van der Waals surface area contributed by atoms with Crippen LogP contribution in [0.25, 0.3) is 0 Å². The van der Waals surface area contributed by atoms with Gasteiger partial charge in [-0.15, -0.1) is 0 Å². The molecule has 3 aromatic carbocycles. The fourth-order valence-electron chi connectivity index (χ4n) is 2.79. The first-order valence-corrected chi connectivity index (χ1v) is 8.26. The summed E-state index contributed by atoms with van der Waals surface area (Å²) in [6.45, 7) is 1.65. The molecule has 23 heavy (non-hydrogen) atoms. The van der Waals surface area contributed by atoms with Crippen molar-refractivity contribution in [3.8, 4) is 0 Å². The summed E-state index contributed by atoms with van der Waals surface area (Å²) in [5.41, 5.74) is 3.78. The first-order chi connectivity index (χ1) is 11.3. The van der Waals surface area contributed by atoms with E-state index in [1.807, 2.05) is 18.2 Å². The molecule has 0 unspecified atom stereocenters. The van der Waals surface area contributed by atoms with Crippen molar-refractivity contribution in [2.75, 3.05) is 6.54 Å². The number of hydrogen-bond donors (Lipinski definition) is 1. The van der Waals surface area contributed by atoms with Crippen LogP contribution in [0.4, 0.5) is 0 Å². The van der Waals surface area contributed by atoms with Crippen LogP contribution in [0, 0.1) is 0 Å². The molecular weight excluding hydrogens is 302 g/mol. The zero-order valence-corrected chi connectivity index (χ0v) is 13.7. The molecule has 0 aliphatic carbocycles. The van der Waals surface area contributed by atoms with Crippen molar-refractivity contribution in [1.82, 2.24) is 5.32 Å². The van der Waals surface area contributed by atoms with Crippen LogP contribution in [0.5, 0.6) is 0 Å². The molecule has 0 saturated carbocycles. The average molecular weight is 322 g/mol. The van der Waals surface area contributed by atoms with Gasteiger partial charge < -0.3 is 5.32 Å². The van der Waals surface area contributed by atoms with E-state index in [1.165, 1.54) is 11.1 Å². The summed E-state index contributed by atoms with van der Waals surface area (Å²) in [4.78, 5) is 0. The third kappa shape index (κ3) is 4.22. The van der Waals surface area contributed by atoms with Gasteiger partial charge in [0.2, 0.25) is 0 Å². The Kier molecular flexibility index (Phi) is 5.46. The Morgan fingerprint density at radius 1 is 0.696 bits per heavy atom. The van der Waals surface area contributed by atoms with Gasteiger partial charge in [-0.2, -0.15) is 0 Å². The number of benzene rings is 3. The molecule has 3 aromatic rings. The summed E-state index contributed by atoms with van der Waals surface area (Å²) in [5, 5.41) is 4.37. The lowest BCUT2D eigenvalue weighted by Crippen LogP contribution is -2.22. The Morgan fingerprint density at radius 3 is 1.78 bits per heavy atom. The van der Waals surface area contributed by atoms with Crippen LogP contribution in [0.3, 0.4) is 0 Å². The predicted molar refractivity (Wildman–Crippen MR) is 97.9 cm³/mol. The summed E-state index contributed by atoms with van der Waals surface area (Å²) in [6.07, 6.45) is 0. The minimum absolute atomic E-state index is 0.333. The lowest BCUT2D eigenvalue weighted by Gasteiger charge is -2.19. The maximum Gasteiger partial charge on any atom is 0.0450 e. The molecule has 0 heterocycles. The SMILES string of the molecule is Clc1ccccc1CNCC(c1ccccc1)c1ccccc1. The molecule has 0 saturated heterocycles. The summed E-state index contributed by atoms with van der Waals surface area (Å²) in [7, 11) is 0. The van der Waals surface area contributed by atoms with Crippen molar-refractivity contribution >= 4 is 11.6 Å². The molecule has 116 valence electrons. The summed E-state index contributed by atoms with van der Waals surface area (Å²) >= 11 is 6.23. The Morgan fingerprint density at radius 2 is 1.22 bits per heavy atom. The third-order valence-electron chi connectivity index (χ3n) is 4.03. The molecule has 0 radical (unpaired) electrons. The van der Waals surface area contributed by atoms with E-state index in [9.17, 15) is 0 Å². The predicted octanol–water partition coefficient (Wildman–Crippen LogP) is 5.26. The molecule has 0 aromatic heterocycles. The summed E-state index contributed by atoms with van der Waals surface area (Å²) in [5.74, 6) is 0.333. The van der Waals surface area contributed by atoms with Crippen LogP contribution in [-0.2, 0) is 6.54 Å². The Balaban J connectivity index is 1.74. The van der Waals surface area contributed by atoms with Gasteiger partial charge in [-0.25, -0.2) is 0 Å². The minimum atomic E-state index is 0.333. The Labute approximate surface area is 142 Å². The van der Waals surface area contributed by atoms with E-state index in [4.69, 9.17) is 11.6 Å². The monoisotopic (exact) mass is 321 g/mol. The van der Waals surface area contributed by atoms with E-state index in [-0.39, 0.29) is 0 Å². The smallest absolute Gasteiger partial charge is 0.0450 e. The molecule has 0 bridgehead atoms. The van der Waals surface area contributed by atoms with Gasteiger partial charge in [0.15, 0.2) is 0 Å². The fourth-order valence-corrected chi connectivity index (χ4v) is 2.99. The van der Waals surface area contributed by atoms with Gasteiger partial charge in [0, 0.05) is 24.0 Å². The van der Waals surface area contributed by atoms with Crippen molar-refractivity contribution in [2.45, 2.75) is 12.5 Å². The molecule has 1 N–H and O–H groups in total. The molecule has 1 nitrogen and oxygen atoms in total. The molecule has 3 rings (SSSR count). The molecule has 0 atom stereocenters. The topological polar surface area (TPSA) is 12.0 Å². The first kappa shape index (κ1) is 15.8. The van der Waals surface area contributed by atoms with Crippen molar-refractivity contribution in [1.29, 1.82) is 0 Å². The minimum Gasteiger partial charge on any atom is -0.312 e. The highest BCUT2D eigenvalue weighted by Crippen LogP contribution is 2.24. The molecule has 0 amide bonds. The van der Waals surface area contributed by atoms with Crippen LogP contribution in [0.1, 0.15) is 22.6 Å². The van der Waals surface area contributed by atoms with Gasteiger partial charge in [0.05, 0.1) is 0 Å². The zero-order valence-electron chi connectivity index (χ0n) is 13.0. The maximum absolute atomic E-state index is 6.23. The average Bonchev–Trinajstić information content (AvgIpc) is 2.62. The van der Waals surface area contributed by atoms with Crippen LogP contribution >= 0.6 is 11.6 Å². The summed E-state index contributed by atoms with van der Waals surface area (Å²) in [6, 6.07) is 29.2. The Hall–Kier alpha value is -2.09. The van der Waals surface area contributed by atoms with Crippen LogP contribution < -0.4 is 5.32 Å². The molecule has 0 aliphatic rings. The second kappa shape index (κ2) is 7.96. The maximum atomic E-state index is 6.23. The zero-order chi connectivity index (χ0) is 15.9. The van der Waals surface area contributed by atoms with E-state index >= 15 is 0 Å². The number of hydrogen-bond acceptors (Lipinski definition) is 1. The normalized spacial score (nSPS) is 10.9. The highest BCUT2D eigenvalue weighted by atomic mass is 35.5. The molecule has 0 aliphatic heterocycles. The van der Waals surface area contributed by atoms with Gasteiger partial charge >= 0.3 is 0 Å². The number of nitrogens with one attached hydrogen (secondary N) is 1. The van der Waals surface area contributed by atoms with Crippen LogP contribution in [0.15, 0.2) is 84.9 Å². The lowest BCUT2D eigenvalue weighted by atomic mass is 9.91. The van der Waals surface area contributed by atoms with Gasteiger partial charge in [0.25, 0.3) is 0 Å². The highest BCUT2D eigenvalue weighted by molar-refractivity contribution is 6.31. The fraction of sp³-hybridized carbons (Fsp3) is 0.143. The number of rotatable bonds is 6. The van der Waals surface area contributed by atoms with E-state index in [1.54, 1.807) is 0 Å². The van der Waals surface area contributed by atoms with Gasteiger partial charge in [-0.3, -0.25) is 0 Å². The largest absolute Gasteiger partial charge is 0.312 e. The van der Waals surface area contributed by atoms with E-state index in [0.29, 0.717) is 5.92 Å². The second-order valence-corrected chi connectivity index (χ2v) is 6.00. The van der Waals surface area contributed by atoms with Crippen LogP contribution in [0.2, 0.25) is 5.02 Å². The number of halogens is 1. The standard InChI is InChI=1S/C21H20ClN/c22-21-14-8-7-13-19(21)15-23-16-20(17-9-3-1-4-10-17)18-11-5-2-6-12-18/h1-14,20,23H,15-16H2. The van der Waals surface area contributed by atoms with Gasteiger partial charge in [0.1, 0.15) is 0 Å². The molecular formula is C21H20ClN. The molecule has 2 heteroatoms. The molecule has 0 fully saturated rings. The lowest BCUT2D eigenvalue weighted by molar-refractivity contribution is 0.636.